The van der Waals surface area contributed by atoms with Crippen molar-refractivity contribution in [2.24, 2.45) is 16.7 Å². The third-order valence-electron chi connectivity index (χ3n) is 2.84. The number of hydrogen-bond acceptors (Lipinski definition) is 5. The average molecular weight is 214 g/mol. The minimum Gasteiger partial charge on any atom is -0.368 e. The summed E-state index contributed by atoms with van der Waals surface area (Å²) in [5, 5.41) is 3.60. The number of nitrogens with zero attached hydrogens (tertiary/aromatic N) is 3. The predicted octanol–water partition coefficient (Wildman–Crippen LogP) is -1.77. The highest BCUT2D eigenvalue weighted by atomic mass is 16.2. The number of piperazine rings is 1. The number of nitrogens with one attached hydrogen (secondary N) is 1. The first kappa shape index (κ1) is 11.7. The van der Waals surface area contributed by atoms with Crippen LogP contribution in [0.25, 0.3) is 0 Å². The Morgan fingerprint density at radius 2 is 2.13 bits per heavy atom. The fourth-order valence-electron chi connectivity index (χ4n) is 1.47. The SMILES string of the molecule is CN1CCN(/C(N)=N/NN)C(=O)C1(C)C. The zero-order valence-electron chi connectivity index (χ0n) is 9.32. The zero-order valence-corrected chi connectivity index (χ0v) is 9.32. The third kappa shape index (κ3) is 2.02. The zero-order chi connectivity index (χ0) is 11.6. The van der Waals surface area contributed by atoms with Crippen LogP contribution < -0.4 is 17.1 Å². The van der Waals surface area contributed by atoms with Crippen molar-refractivity contribution in [2.75, 3.05) is 20.1 Å². The van der Waals surface area contributed by atoms with Crippen molar-refractivity contribution in [3.8, 4) is 0 Å². The molecule has 1 fully saturated rings. The average Bonchev–Trinajstić information content (AvgIpc) is 2.15. The number of nitrogens with two attached hydrogens (primary N) is 2. The standard InChI is InChI=1S/C8H18N6O/c1-8(2)6(15)14(5-4-13(8)3)7(9)11-12-10/h12H,4-5,10H2,1-3H3,(H2,9,11). The van der Waals surface area contributed by atoms with Crippen LogP contribution in [0.5, 0.6) is 0 Å². The number of carbonyl (C=O) groups excluding carboxylic acids is 1. The first-order valence-corrected chi connectivity index (χ1v) is 4.73. The topological polar surface area (TPSA) is 100.0 Å². The molecule has 0 aromatic heterocycles. The molecule has 0 spiro atoms. The number of hydrazine groups is 1. The number of amides is 1. The second-order valence-electron chi connectivity index (χ2n) is 4.04. The summed E-state index contributed by atoms with van der Waals surface area (Å²) in [6, 6.07) is 0. The van der Waals surface area contributed by atoms with Crippen molar-refractivity contribution >= 4 is 11.9 Å². The van der Waals surface area contributed by atoms with Gasteiger partial charge in [0.2, 0.25) is 11.9 Å². The summed E-state index contributed by atoms with van der Waals surface area (Å²) < 4.78 is 0. The molecule has 0 aromatic carbocycles. The van der Waals surface area contributed by atoms with Gasteiger partial charge in [-0.3, -0.25) is 14.6 Å². The number of likely N-dealkylation sites (N-methyl/N-ethyl adjacent to an activating group) is 1. The number of rotatable bonds is 1. The maximum absolute atomic E-state index is 12.0. The van der Waals surface area contributed by atoms with E-state index in [0.29, 0.717) is 6.54 Å². The van der Waals surface area contributed by atoms with Gasteiger partial charge in [0.1, 0.15) is 0 Å². The van der Waals surface area contributed by atoms with Crippen LogP contribution in [-0.4, -0.2) is 47.3 Å². The molecular weight excluding hydrogens is 196 g/mol. The van der Waals surface area contributed by atoms with Crippen LogP contribution in [0.3, 0.4) is 0 Å². The van der Waals surface area contributed by atoms with Gasteiger partial charge in [0.05, 0.1) is 5.54 Å². The summed E-state index contributed by atoms with van der Waals surface area (Å²) in [7, 11) is 1.91. The van der Waals surface area contributed by atoms with E-state index in [4.69, 9.17) is 11.6 Å². The quantitative estimate of drug-likeness (QED) is 0.208. The van der Waals surface area contributed by atoms with E-state index in [2.05, 4.69) is 10.6 Å². The fourth-order valence-corrected chi connectivity index (χ4v) is 1.47. The van der Waals surface area contributed by atoms with Crippen LogP contribution in [0.4, 0.5) is 0 Å². The summed E-state index contributed by atoms with van der Waals surface area (Å²) in [4.78, 5) is 15.4. The van der Waals surface area contributed by atoms with Gasteiger partial charge in [-0.25, -0.2) is 11.4 Å². The summed E-state index contributed by atoms with van der Waals surface area (Å²) in [5.74, 6) is 5.04. The van der Waals surface area contributed by atoms with Crippen molar-refractivity contribution in [3.63, 3.8) is 0 Å². The van der Waals surface area contributed by atoms with E-state index in [-0.39, 0.29) is 11.9 Å². The molecule has 7 heteroatoms. The summed E-state index contributed by atoms with van der Waals surface area (Å²) in [6.07, 6.45) is 0. The summed E-state index contributed by atoms with van der Waals surface area (Å²) in [5.41, 5.74) is 7.13. The Balaban J connectivity index is 2.88. The van der Waals surface area contributed by atoms with Crippen LogP contribution in [-0.2, 0) is 4.79 Å². The smallest absolute Gasteiger partial charge is 0.249 e. The van der Waals surface area contributed by atoms with Crippen molar-refractivity contribution in [3.05, 3.63) is 0 Å². The van der Waals surface area contributed by atoms with Crippen LogP contribution >= 0.6 is 0 Å². The maximum Gasteiger partial charge on any atom is 0.249 e. The lowest BCUT2D eigenvalue weighted by molar-refractivity contribution is -0.142. The first-order chi connectivity index (χ1) is 6.91. The van der Waals surface area contributed by atoms with E-state index < -0.39 is 5.54 Å². The third-order valence-corrected chi connectivity index (χ3v) is 2.84. The largest absolute Gasteiger partial charge is 0.368 e. The Bertz CT molecular complexity index is 287. The highest BCUT2D eigenvalue weighted by molar-refractivity contribution is 6.00. The van der Waals surface area contributed by atoms with Crippen molar-refractivity contribution in [2.45, 2.75) is 19.4 Å². The van der Waals surface area contributed by atoms with E-state index in [0.717, 1.165) is 6.54 Å². The molecule has 7 nitrogen and oxygen atoms in total. The van der Waals surface area contributed by atoms with Gasteiger partial charge in [-0.05, 0) is 20.9 Å². The molecule has 1 aliphatic heterocycles. The minimum absolute atomic E-state index is 0.0762. The van der Waals surface area contributed by atoms with Gasteiger partial charge in [-0.1, -0.05) is 0 Å². The minimum atomic E-state index is -0.563. The fraction of sp³-hybridized carbons (Fsp3) is 0.750. The number of carbonyl (C=O) groups is 1. The molecule has 1 saturated heterocycles. The normalized spacial score (nSPS) is 23.1. The van der Waals surface area contributed by atoms with Crippen molar-refractivity contribution in [1.29, 1.82) is 0 Å². The maximum atomic E-state index is 12.0. The van der Waals surface area contributed by atoms with E-state index in [1.807, 2.05) is 25.8 Å². The molecule has 1 rings (SSSR count). The van der Waals surface area contributed by atoms with Crippen molar-refractivity contribution in [1.82, 2.24) is 15.3 Å². The van der Waals surface area contributed by atoms with Gasteiger partial charge in [-0.2, -0.15) is 0 Å². The molecule has 86 valence electrons. The molecular formula is C8H18N6O. The summed E-state index contributed by atoms with van der Waals surface area (Å²) in [6.45, 7) is 4.98. The van der Waals surface area contributed by atoms with E-state index in [9.17, 15) is 4.79 Å². The van der Waals surface area contributed by atoms with E-state index >= 15 is 0 Å². The lowest BCUT2D eigenvalue weighted by atomic mass is 9.99. The number of hydrazone groups is 1. The van der Waals surface area contributed by atoms with Crippen LogP contribution in [0.15, 0.2) is 5.10 Å². The molecule has 0 aromatic rings. The molecule has 1 heterocycles. The molecule has 0 radical (unpaired) electrons. The van der Waals surface area contributed by atoms with Gasteiger partial charge >= 0.3 is 0 Å². The molecule has 1 aliphatic rings. The second kappa shape index (κ2) is 4.03. The van der Waals surface area contributed by atoms with Crippen LogP contribution in [0.2, 0.25) is 0 Å². The van der Waals surface area contributed by atoms with Crippen molar-refractivity contribution < 1.29 is 4.79 Å². The molecule has 0 unspecified atom stereocenters. The van der Waals surface area contributed by atoms with Gasteiger partial charge in [0.15, 0.2) is 0 Å². The highest BCUT2D eigenvalue weighted by Crippen LogP contribution is 2.20. The number of hydrogen-bond donors (Lipinski definition) is 3. The highest BCUT2D eigenvalue weighted by Gasteiger charge is 2.40. The Labute approximate surface area is 89.0 Å². The Hall–Kier alpha value is -1.34. The molecule has 0 saturated carbocycles. The van der Waals surface area contributed by atoms with Crippen LogP contribution in [0.1, 0.15) is 13.8 Å². The lowest BCUT2D eigenvalue weighted by Crippen LogP contribution is -2.64. The van der Waals surface area contributed by atoms with Crippen LogP contribution in [0, 0.1) is 0 Å². The van der Waals surface area contributed by atoms with E-state index in [1.165, 1.54) is 4.90 Å². The molecule has 1 amide bonds. The second-order valence-corrected chi connectivity index (χ2v) is 4.04. The van der Waals surface area contributed by atoms with Gasteiger partial charge < -0.3 is 5.73 Å². The number of guanidine groups is 1. The van der Waals surface area contributed by atoms with Gasteiger partial charge in [0.25, 0.3) is 0 Å². The molecule has 15 heavy (non-hydrogen) atoms. The van der Waals surface area contributed by atoms with Gasteiger partial charge in [-0.15, -0.1) is 5.10 Å². The monoisotopic (exact) mass is 214 g/mol. The Kier molecular flexibility index (Phi) is 3.15. The summed E-state index contributed by atoms with van der Waals surface area (Å²) >= 11 is 0. The Morgan fingerprint density at radius 3 is 2.67 bits per heavy atom. The predicted molar refractivity (Wildman–Crippen MR) is 57.4 cm³/mol. The van der Waals surface area contributed by atoms with Gasteiger partial charge in [0, 0.05) is 13.1 Å². The van der Waals surface area contributed by atoms with E-state index in [1.54, 1.807) is 0 Å². The first-order valence-electron chi connectivity index (χ1n) is 4.73. The molecule has 5 N–H and O–H groups in total. The lowest BCUT2D eigenvalue weighted by Gasteiger charge is -2.43. The molecule has 0 aliphatic carbocycles. The molecule has 0 atom stereocenters. The molecule has 0 bridgehead atoms. The Morgan fingerprint density at radius 1 is 1.53 bits per heavy atom.